The lowest BCUT2D eigenvalue weighted by Gasteiger charge is -2.18. The number of rotatable bonds is 5. The molecular weight excluding hydrogens is 314 g/mol. The zero-order valence-electron chi connectivity index (χ0n) is 10.2. The van der Waals surface area contributed by atoms with Crippen LogP contribution in [0, 0.1) is 0 Å². The molecule has 0 radical (unpaired) electrons. The highest BCUT2D eigenvalue weighted by atomic mass is 79.9. The van der Waals surface area contributed by atoms with E-state index in [9.17, 15) is 8.78 Å². The number of hydrogen-bond acceptors (Lipinski definition) is 1. The Balaban J connectivity index is 2.10. The van der Waals surface area contributed by atoms with E-state index in [4.69, 9.17) is 4.74 Å². The van der Waals surface area contributed by atoms with Crippen LogP contribution >= 0.6 is 15.9 Å². The first kappa shape index (κ1) is 14.0. The number of alkyl halides is 3. The second-order valence-electron chi connectivity index (χ2n) is 4.10. The SMILES string of the molecule is FC(F)(COc1ccccc1CBr)c1ccccc1. The van der Waals surface area contributed by atoms with Gasteiger partial charge in [0.25, 0.3) is 0 Å². The molecule has 0 aliphatic rings. The Morgan fingerprint density at radius 1 is 0.947 bits per heavy atom. The Kier molecular flexibility index (Phi) is 4.53. The van der Waals surface area contributed by atoms with E-state index in [2.05, 4.69) is 15.9 Å². The van der Waals surface area contributed by atoms with Gasteiger partial charge in [-0.05, 0) is 6.07 Å². The summed E-state index contributed by atoms with van der Waals surface area (Å²) in [6.07, 6.45) is 0. The minimum absolute atomic E-state index is 0.0358. The molecule has 2 rings (SSSR count). The van der Waals surface area contributed by atoms with Gasteiger partial charge in [0.1, 0.15) is 5.75 Å². The monoisotopic (exact) mass is 326 g/mol. The van der Waals surface area contributed by atoms with Gasteiger partial charge in [-0.15, -0.1) is 0 Å². The zero-order valence-corrected chi connectivity index (χ0v) is 11.7. The number of hydrogen-bond donors (Lipinski definition) is 0. The third-order valence-corrected chi connectivity index (χ3v) is 3.33. The van der Waals surface area contributed by atoms with Gasteiger partial charge in [-0.2, -0.15) is 8.78 Å². The summed E-state index contributed by atoms with van der Waals surface area (Å²) in [5.74, 6) is -2.52. The molecule has 1 nitrogen and oxygen atoms in total. The van der Waals surface area contributed by atoms with E-state index in [1.165, 1.54) is 12.1 Å². The molecule has 0 spiro atoms. The van der Waals surface area contributed by atoms with Crippen molar-refractivity contribution in [2.24, 2.45) is 0 Å². The summed E-state index contributed by atoms with van der Waals surface area (Å²) in [4.78, 5) is 0. The molecule has 0 N–H and O–H groups in total. The largest absolute Gasteiger partial charge is 0.487 e. The van der Waals surface area contributed by atoms with Gasteiger partial charge in [-0.1, -0.05) is 64.5 Å². The van der Waals surface area contributed by atoms with E-state index in [1.54, 1.807) is 30.3 Å². The van der Waals surface area contributed by atoms with Crippen LogP contribution in [0.5, 0.6) is 5.75 Å². The maximum atomic E-state index is 13.9. The maximum Gasteiger partial charge on any atom is 0.306 e. The van der Waals surface area contributed by atoms with Crippen molar-refractivity contribution in [3.8, 4) is 5.75 Å². The van der Waals surface area contributed by atoms with Crippen LogP contribution in [0.15, 0.2) is 54.6 Å². The molecule has 0 aliphatic carbocycles. The standard InChI is InChI=1S/C15H13BrF2O/c16-10-12-6-4-5-9-14(12)19-11-15(17,18)13-7-2-1-3-8-13/h1-9H,10-11H2. The van der Waals surface area contributed by atoms with Crippen molar-refractivity contribution in [1.82, 2.24) is 0 Å². The Hall–Kier alpha value is -1.42. The Bertz CT molecular complexity index is 529. The van der Waals surface area contributed by atoms with Crippen molar-refractivity contribution in [2.75, 3.05) is 6.61 Å². The predicted molar refractivity (Wildman–Crippen MR) is 74.9 cm³/mol. The topological polar surface area (TPSA) is 9.23 Å². The fraction of sp³-hybridized carbons (Fsp3) is 0.200. The van der Waals surface area contributed by atoms with Crippen molar-refractivity contribution < 1.29 is 13.5 Å². The molecule has 100 valence electrons. The van der Waals surface area contributed by atoms with Crippen LogP contribution in [-0.2, 0) is 11.3 Å². The first-order chi connectivity index (χ1) is 9.13. The molecule has 0 fully saturated rings. The second-order valence-corrected chi connectivity index (χ2v) is 4.66. The van der Waals surface area contributed by atoms with Crippen molar-refractivity contribution in [1.29, 1.82) is 0 Å². The smallest absolute Gasteiger partial charge is 0.306 e. The molecular formula is C15H13BrF2O. The molecule has 0 bridgehead atoms. The third kappa shape index (κ3) is 3.53. The molecule has 0 saturated heterocycles. The summed E-state index contributed by atoms with van der Waals surface area (Å²) >= 11 is 3.31. The maximum absolute atomic E-state index is 13.9. The lowest BCUT2D eigenvalue weighted by Crippen LogP contribution is -2.23. The van der Waals surface area contributed by atoms with Crippen LogP contribution in [0.3, 0.4) is 0 Å². The predicted octanol–water partition coefficient (Wildman–Crippen LogP) is 4.75. The minimum Gasteiger partial charge on any atom is -0.487 e. The Morgan fingerprint density at radius 3 is 2.26 bits per heavy atom. The number of halogens is 3. The molecule has 19 heavy (non-hydrogen) atoms. The van der Waals surface area contributed by atoms with Crippen LogP contribution in [0.4, 0.5) is 8.78 Å². The highest BCUT2D eigenvalue weighted by molar-refractivity contribution is 9.08. The van der Waals surface area contributed by atoms with Gasteiger partial charge in [-0.25, -0.2) is 0 Å². The number of ether oxygens (including phenoxy) is 1. The van der Waals surface area contributed by atoms with Gasteiger partial charge in [-0.3, -0.25) is 0 Å². The van der Waals surface area contributed by atoms with Crippen LogP contribution in [0.25, 0.3) is 0 Å². The molecule has 2 aromatic carbocycles. The Morgan fingerprint density at radius 2 is 1.58 bits per heavy atom. The first-order valence-corrected chi connectivity index (χ1v) is 6.95. The first-order valence-electron chi connectivity index (χ1n) is 5.83. The van der Waals surface area contributed by atoms with E-state index < -0.39 is 12.5 Å². The molecule has 0 unspecified atom stereocenters. The lowest BCUT2D eigenvalue weighted by atomic mass is 10.1. The summed E-state index contributed by atoms with van der Waals surface area (Å²) in [6, 6.07) is 14.8. The highest BCUT2D eigenvalue weighted by Gasteiger charge is 2.32. The lowest BCUT2D eigenvalue weighted by molar-refractivity contribution is -0.0468. The van der Waals surface area contributed by atoms with Crippen molar-refractivity contribution in [3.63, 3.8) is 0 Å². The van der Waals surface area contributed by atoms with E-state index in [0.717, 1.165) is 5.56 Å². The third-order valence-electron chi connectivity index (χ3n) is 2.72. The number of benzene rings is 2. The Labute approximate surface area is 119 Å². The molecule has 0 aromatic heterocycles. The van der Waals surface area contributed by atoms with Gasteiger partial charge in [0.05, 0.1) is 0 Å². The zero-order chi connectivity index (χ0) is 13.7. The average Bonchev–Trinajstić information content (AvgIpc) is 2.46. The van der Waals surface area contributed by atoms with Gasteiger partial charge in [0.15, 0.2) is 6.61 Å². The highest BCUT2D eigenvalue weighted by Crippen LogP contribution is 2.30. The molecule has 0 heterocycles. The summed E-state index contributed by atoms with van der Waals surface area (Å²) < 4.78 is 33.1. The minimum atomic E-state index is -3.00. The molecule has 0 atom stereocenters. The summed E-state index contributed by atoms with van der Waals surface area (Å²) in [5, 5.41) is 0.570. The van der Waals surface area contributed by atoms with E-state index in [0.29, 0.717) is 11.1 Å². The molecule has 4 heteroatoms. The van der Waals surface area contributed by atoms with Crippen molar-refractivity contribution in [3.05, 3.63) is 65.7 Å². The van der Waals surface area contributed by atoms with Crippen LogP contribution in [0.2, 0.25) is 0 Å². The fourth-order valence-corrected chi connectivity index (χ4v) is 2.15. The van der Waals surface area contributed by atoms with E-state index >= 15 is 0 Å². The molecule has 0 saturated carbocycles. The van der Waals surface area contributed by atoms with Crippen molar-refractivity contribution >= 4 is 15.9 Å². The quantitative estimate of drug-likeness (QED) is 0.720. The van der Waals surface area contributed by atoms with Gasteiger partial charge < -0.3 is 4.74 Å². The van der Waals surface area contributed by atoms with E-state index in [-0.39, 0.29) is 5.56 Å². The van der Waals surface area contributed by atoms with E-state index in [1.807, 2.05) is 12.1 Å². The molecule has 0 amide bonds. The van der Waals surface area contributed by atoms with Gasteiger partial charge in [0.2, 0.25) is 0 Å². The van der Waals surface area contributed by atoms with Crippen LogP contribution in [-0.4, -0.2) is 6.61 Å². The van der Waals surface area contributed by atoms with Gasteiger partial charge in [0, 0.05) is 16.5 Å². The molecule has 0 aliphatic heterocycles. The van der Waals surface area contributed by atoms with Crippen LogP contribution in [0.1, 0.15) is 11.1 Å². The van der Waals surface area contributed by atoms with Crippen LogP contribution < -0.4 is 4.74 Å². The normalized spacial score (nSPS) is 11.3. The van der Waals surface area contributed by atoms with Crippen molar-refractivity contribution in [2.45, 2.75) is 11.3 Å². The summed E-state index contributed by atoms with van der Waals surface area (Å²) in [7, 11) is 0. The fourth-order valence-electron chi connectivity index (χ4n) is 1.69. The van der Waals surface area contributed by atoms with Gasteiger partial charge >= 0.3 is 5.92 Å². The molecule has 2 aromatic rings. The number of para-hydroxylation sites is 1. The second kappa shape index (κ2) is 6.15. The summed E-state index contributed by atoms with van der Waals surface area (Å²) in [6.45, 7) is -0.666. The summed E-state index contributed by atoms with van der Waals surface area (Å²) in [5.41, 5.74) is 0.817. The average molecular weight is 327 g/mol.